The van der Waals surface area contributed by atoms with Crippen molar-refractivity contribution in [2.24, 2.45) is 5.92 Å². The van der Waals surface area contributed by atoms with Crippen LogP contribution in [0.4, 0.5) is 0 Å². The fourth-order valence-corrected chi connectivity index (χ4v) is 2.02. The van der Waals surface area contributed by atoms with Gasteiger partial charge in [-0.15, -0.1) is 0 Å². The summed E-state index contributed by atoms with van der Waals surface area (Å²) in [5.41, 5.74) is 1.17. The predicted molar refractivity (Wildman–Crippen MR) is 57.3 cm³/mol. The molecular formula is C12H17OPr. The number of hydrogen-bond acceptors (Lipinski definition) is 1. The van der Waals surface area contributed by atoms with Crippen LogP contribution in [0.3, 0.4) is 0 Å². The van der Waals surface area contributed by atoms with Crippen molar-refractivity contribution in [2.45, 2.75) is 13.8 Å². The van der Waals surface area contributed by atoms with Crippen molar-refractivity contribution in [3.8, 4) is 0 Å². The fraction of sp³-hybridized carbons (Fsp3) is 0.333. The molecule has 0 aliphatic carbocycles. The molecule has 1 rings (SSSR count). The minimum atomic E-state index is 0.718. The average Bonchev–Trinajstić information content (AvgIpc) is 2.20. The summed E-state index contributed by atoms with van der Waals surface area (Å²) in [6.07, 6.45) is 1.83. The Morgan fingerprint density at radius 1 is 1.36 bits per heavy atom. The van der Waals surface area contributed by atoms with Crippen LogP contribution < -0.4 is 0 Å². The van der Waals surface area contributed by atoms with Crippen LogP contribution in [0.2, 0.25) is 0 Å². The van der Waals surface area contributed by atoms with Gasteiger partial charge in [-0.25, -0.2) is 0 Å². The molecule has 0 aromatic heterocycles. The molecule has 0 atom stereocenters. The molecule has 74 valence electrons. The molecule has 0 saturated carbocycles. The van der Waals surface area contributed by atoms with Crippen molar-refractivity contribution in [3.05, 3.63) is 42.5 Å². The van der Waals surface area contributed by atoms with Gasteiger partial charge in [0, 0.05) is 0 Å². The van der Waals surface area contributed by atoms with E-state index in [4.69, 9.17) is 1.01 Å². The van der Waals surface area contributed by atoms with E-state index in [1.165, 1.54) is 5.56 Å². The van der Waals surface area contributed by atoms with E-state index in [-0.39, 0.29) is 0 Å². The third kappa shape index (κ3) is 8.86. The molecule has 0 aliphatic heterocycles. The predicted octanol–water partition coefficient (Wildman–Crippen LogP) is 3.45. The van der Waals surface area contributed by atoms with E-state index in [1.807, 2.05) is 36.4 Å². The SMILES string of the molecule is C=Cc1ccccc1.CC(C)C[O][Pr]. The van der Waals surface area contributed by atoms with Crippen molar-refractivity contribution in [1.82, 2.24) is 0 Å². The molecular weight excluding hydrogens is 301 g/mol. The van der Waals surface area contributed by atoms with Gasteiger partial charge in [-0.3, -0.25) is 0 Å². The Hall–Kier alpha value is 0.284. The van der Waals surface area contributed by atoms with Gasteiger partial charge in [0.15, 0.2) is 0 Å². The van der Waals surface area contributed by atoms with Crippen LogP contribution in [0.5, 0.6) is 0 Å². The van der Waals surface area contributed by atoms with E-state index >= 15 is 0 Å². The van der Waals surface area contributed by atoms with Gasteiger partial charge in [-0.1, -0.05) is 43.0 Å². The Kier molecular flexibility index (Phi) is 10.0. The molecule has 2 heteroatoms. The quantitative estimate of drug-likeness (QED) is 0.829. The molecule has 0 saturated heterocycles. The van der Waals surface area contributed by atoms with E-state index in [1.54, 1.807) is 0 Å². The molecule has 0 amide bonds. The molecule has 1 aromatic rings. The van der Waals surface area contributed by atoms with E-state index in [2.05, 4.69) is 20.4 Å². The van der Waals surface area contributed by atoms with Gasteiger partial charge in [0.1, 0.15) is 0 Å². The zero-order valence-electron chi connectivity index (χ0n) is 8.94. The molecule has 0 aliphatic rings. The molecule has 0 radical (unpaired) electrons. The van der Waals surface area contributed by atoms with Gasteiger partial charge >= 0.3 is 67.2 Å². The van der Waals surface area contributed by atoms with Crippen molar-refractivity contribution in [1.29, 1.82) is 0 Å². The minimum absolute atomic E-state index is 0.718. The first-order valence-electron chi connectivity index (χ1n) is 4.69. The van der Waals surface area contributed by atoms with Crippen LogP contribution >= 0.6 is 0 Å². The van der Waals surface area contributed by atoms with Gasteiger partial charge in [-0.2, -0.15) is 0 Å². The summed E-state index contributed by atoms with van der Waals surface area (Å²) in [4.78, 5) is 0. The third-order valence-corrected chi connectivity index (χ3v) is 2.08. The molecule has 14 heavy (non-hydrogen) atoms. The van der Waals surface area contributed by atoms with Crippen molar-refractivity contribution in [2.75, 3.05) is 6.61 Å². The van der Waals surface area contributed by atoms with E-state index in [0.29, 0.717) is 0 Å². The second-order valence-corrected chi connectivity index (χ2v) is 4.41. The molecule has 0 bridgehead atoms. The summed E-state index contributed by atoms with van der Waals surface area (Å²) in [7, 11) is 0. The maximum atomic E-state index is 4.97. The van der Waals surface area contributed by atoms with E-state index < -0.39 is 0 Å². The Bertz CT molecular complexity index is 231. The molecule has 0 fully saturated rings. The summed E-state index contributed by atoms with van der Waals surface area (Å²) < 4.78 is 4.97. The van der Waals surface area contributed by atoms with Gasteiger partial charge < -0.3 is 0 Å². The first-order chi connectivity index (χ1) is 6.70. The first-order valence-corrected chi connectivity index (χ1v) is 6.21. The van der Waals surface area contributed by atoms with Crippen LogP contribution in [0.1, 0.15) is 19.4 Å². The Morgan fingerprint density at radius 3 is 2.14 bits per heavy atom. The van der Waals surface area contributed by atoms with E-state index in [0.717, 1.165) is 52.3 Å². The van der Waals surface area contributed by atoms with Crippen LogP contribution in [0.15, 0.2) is 36.9 Å². The van der Waals surface area contributed by atoms with Crippen molar-refractivity contribution < 1.29 is 40.8 Å². The summed E-state index contributed by atoms with van der Waals surface area (Å²) >= 11 is 0.720. The van der Waals surface area contributed by atoms with Gasteiger partial charge in [0.05, 0.1) is 0 Å². The molecule has 1 aromatic carbocycles. The van der Waals surface area contributed by atoms with Crippen molar-refractivity contribution in [3.63, 3.8) is 0 Å². The number of hydrogen-bond donors (Lipinski definition) is 0. The summed E-state index contributed by atoms with van der Waals surface area (Å²) in [6.45, 7) is 8.89. The second-order valence-electron chi connectivity index (χ2n) is 3.34. The molecule has 0 heterocycles. The standard InChI is InChI=1S/C8H8.C4H9O.Pr/c1-2-8-6-4-3-5-7-8;1-4(2)3-5;/h2-7H,1H2;4H,3H2,1-2H3;/q;-1;+1. The average molecular weight is 318 g/mol. The second kappa shape index (κ2) is 9.82. The van der Waals surface area contributed by atoms with Gasteiger partial charge in [0.25, 0.3) is 0 Å². The maximum absolute atomic E-state index is 4.97. The monoisotopic (exact) mass is 318 g/mol. The van der Waals surface area contributed by atoms with Crippen LogP contribution in [-0.2, 0) is 1.01 Å². The molecule has 0 N–H and O–H groups in total. The topological polar surface area (TPSA) is 9.23 Å². The van der Waals surface area contributed by atoms with Gasteiger partial charge in [-0.05, 0) is 5.56 Å². The summed E-state index contributed by atoms with van der Waals surface area (Å²) in [5, 5.41) is 0. The normalized spacial score (nSPS) is 9.00. The Morgan fingerprint density at radius 2 is 1.93 bits per heavy atom. The summed E-state index contributed by atoms with van der Waals surface area (Å²) in [5.74, 6) is 0.718. The molecule has 1 nitrogen and oxygen atoms in total. The fourth-order valence-electron chi connectivity index (χ4n) is 0.782. The van der Waals surface area contributed by atoms with Crippen LogP contribution in [-0.4, -0.2) is 6.61 Å². The zero-order chi connectivity index (χ0) is 10.8. The van der Waals surface area contributed by atoms with Gasteiger partial charge in [0.2, 0.25) is 0 Å². The third-order valence-electron chi connectivity index (χ3n) is 1.46. The van der Waals surface area contributed by atoms with Crippen LogP contribution in [0.25, 0.3) is 6.08 Å². The number of rotatable bonds is 3. The first kappa shape index (κ1) is 14.3. The van der Waals surface area contributed by atoms with E-state index in [9.17, 15) is 0 Å². The Balaban J connectivity index is 0.000000255. The zero-order valence-corrected chi connectivity index (χ0v) is 12.6. The van der Waals surface area contributed by atoms with Crippen molar-refractivity contribution >= 4 is 6.08 Å². The number of benzene rings is 1. The molecule has 0 unspecified atom stereocenters. The van der Waals surface area contributed by atoms with Crippen LogP contribution in [0, 0.1) is 45.7 Å². The molecule has 0 spiro atoms. The Labute approximate surface area is 115 Å². The summed E-state index contributed by atoms with van der Waals surface area (Å²) in [6, 6.07) is 10.0.